The summed E-state index contributed by atoms with van der Waals surface area (Å²) in [6, 6.07) is 4.73. The van der Waals surface area contributed by atoms with Gasteiger partial charge in [0, 0.05) is 25.2 Å². The highest BCUT2D eigenvalue weighted by Gasteiger charge is 2.32. The van der Waals surface area contributed by atoms with E-state index in [1.807, 2.05) is 0 Å². The lowest BCUT2D eigenvalue weighted by Gasteiger charge is -2.26. The van der Waals surface area contributed by atoms with Crippen molar-refractivity contribution in [3.63, 3.8) is 0 Å². The lowest BCUT2D eigenvalue weighted by atomic mass is 10.2. The molecule has 8 nitrogen and oxygen atoms in total. The zero-order valence-corrected chi connectivity index (χ0v) is 19.9. The van der Waals surface area contributed by atoms with Crippen LogP contribution in [0.1, 0.15) is 5.56 Å². The monoisotopic (exact) mass is 489 g/mol. The third kappa shape index (κ3) is 4.45. The molecule has 1 aromatic heterocycles. The topological polar surface area (TPSA) is 96.0 Å². The number of amides is 2. The number of nitrogens with one attached hydrogen (secondary N) is 1. The summed E-state index contributed by atoms with van der Waals surface area (Å²) in [5.74, 6) is -0.181. The van der Waals surface area contributed by atoms with E-state index in [-0.39, 0.29) is 22.4 Å². The number of hydrogen-bond acceptors (Lipinski definition) is 7. The second-order valence-electron chi connectivity index (χ2n) is 6.64. The highest BCUT2D eigenvalue weighted by Crippen LogP contribution is 2.44. The fourth-order valence-electron chi connectivity index (χ4n) is 2.72. The van der Waals surface area contributed by atoms with Gasteiger partial charge in [-0.2, -0.15) is 0 Å². The van der Waals surface area contributed by atoms with Gasteiger partial charge in [0.15, 0.2) is 0 Å². The Hall–Kier alpha value is -1.79. The van der Waals surface area contributed by atoms with Crippen LogP contribution in [0.4, 0.5) is 11.4 Å². The van der Waals surface area contributed by atoms with Gasteiger partial charge in [0.05, 0.1) is 28.4 Å². The highest BCUT2D eigenvalue weighted by molar-refractivity contribution is 8.02. The molecule has 0 unspecified atom stereocenters. The van der Waals surface area contributed by atoms with Crippen molar-refractivity contribution in [3.05, 3.63) is 28.8 Å². The van der Waals surface area contributed by atoms with Crippen molar-refractivity contribution < 1.29 is 22.7 Å². The molecule has 1 N–H and O–H groups in total. The van der Waals surface area contributed by atoms with Crippen LogP contribution in [0.25, 0.3) is 0 Å². The zero-order valence-electron chi connectivity index (χ0n) is 16.7. The van der Waals surface area contributed by atoms with E-state index in [0.29, 0.717) is 26.4 Å². The number of carbonyl (C=O) groups excluding carboxylic acids is 2. The third-order valence-corrected chi connectivity index (χ3v) is 9.42. The largest absolute Gasteiger partial charge is 0.495 e. The van der Waals surface area contributed by atoms with E-state index in [1.54, 1.807) is 19.1 Å². The van der Waals surface area contributed by atoms with E-state index in [4.69, 9.17) is 16.3 Å². The summed E-state index contributed by atoms with van der Waals surface area (Å²) in [5.41, 5.74) is 1.62. The van der Waals surface area contributed by atoms with Crippen molar-refractivity contribution in [2.75, 3.05) is 43.7 Å². The summed E-state index contributed by atoms with van der Waals surface area (Å²) in [6.45, 7) is 1.54. The van der Waals surface area contributed by atoms with Gasteiger partial charge in [0.25, 0.3) is 10.0 Å². The summed E-state index contributed by atoms with van der Waals surface area (Å²) in [6.07, 6.45) is 0. The SMILES string of the molecule is COc1cc(Cl)c(C)cc1NC(=O)CN1C(=O)CSc2sc(S(=O)(=O)N(C)C)cc21. The van der Waals surface area contributed by atoms with Crippen molar-refractivity contribution in [2.45, 2.75) is 15.3 Å². The molecule has 2 aromatic rings. The molecule has 0 radical (unpaired) electrons. The van der Waals surface area contributed by atoms with Crippen molar-refractivity contribution in [2.24, 2.45) is 0 Å². The summed E-state index contributed by atoms with van der Waals surface area (Å²) in [4.78, 5) is 26.5. The van der Waals surface area contributed by atoms with Gasteiger partial charge in [0.1, 0.15) is 16.5 Å². The van der Waals surface area contributed by atoms with E-state index in [0.717, 1.165) is 21.2 Å². The summed E-state index contributed by atoms with van der Waals surface area (Å²) in [5, 5.41) is 3.24. The number of methoxy groups -OCH3 is 1. The van der Waals surface area contributed by atoms with E-state index in [2.05, 4.69) is 5.32 Å². The van der Waals surface area contributed by atoms with E-state index < -0.39 is 15.9 Å². The van der Waals surface area contributed by atoms with Crippen molar-refractivity contribution in [1.82, 2.24) is 4.31 Å². The van der Waals surface area contributed by atoms with Gasteiger partial charge in [-0.05, 0) is 24.6 Å². The number of benzene rings is 1. The van der Waals surface area contributed by atoms with Crippen molar-refractivity contribution in [3.8, 4) is 5.75 Å². The van der Waals surface area contributed by atoms with Crippen LogP contribution in [-0.2, 0) is 19.6 Å². The zero-order chi connectivity index (χ0) is 22.2. The standard InChI is InChI=1S/C18H20ClN3O5S3/c1-10-5-12(14(27-4)6-11(10)19)20-15(23)8-22-13-7-17(30(25,26)21(2)3)29-18(13)28-9-16(22)24/h5-7H,8-9H2,1-4H3,(H,20,23). The summed E-state index contributed by atoms with van der Waals surface area (Å²) in [7, 11) is 0.716. The second kappa shape index (κ2) is 8.75. The third-order valence-electron chi connectivity index (χ3n) is 4.37. The van der Waals surface area contributed by atoms with Crippen LogP contribution >= 0.6 is 34.7 Å². The van der Waals surface area contributed by atoms with E-state index in [1.165, 1.54) is 43.9 Å². The quantitative estimate of drug-likeness (QED) is 0.670. The summed E-state index contributed by atoms with van der Waals surface area (Å²) < 4.78 is 32.1. The molecule has 0 bridgehead atoms. The Morgan fingerprint density at radius 3 is 2.67 bits per heavy atom. The van der Waals surface area contributed by atoms with E-state index >= 15 is 0 Å². The molecule has 0 atom stereocenters. The molecule has 0 saturated carbocycles. The molecule has 3 rings (SSSR count). The maximum Gasteiger partial charge on any atom is 0.252 e. The van der Waals surface area contributed by atoms with Crippen LogP contribution in [0.5, 0.6) is 5.75 Å². The minimum atomic E-state index is -3.64. The average molecular weight is 490 g/mol. The molecule has 2 amide bonds. The van der Waals surface area contributed by atoms with Gasteiger partial charge in [-0.1, -0.05) is 11.6 Å². The van der Waals surface area contributed by atoms with Crippen LogP contribution in [0.2, 0.25) is 5.02 Å². The number of rotatable bonds is 6. The first-order valence-corrected chi connectivity index (χ1v) is 12.3. The number of nitrogens with zero attached hydrogens (tertiary/aromatic N) is 2. The first-order chi connectivity index (χ1) is 14.0. The lowest BCUT2D eigenvalue weighted by molar-refractivity contribution is -0.120. The average Bonchev–Trinajstić information content (AvgIpc) is 3.12. The van der Waals surface area contributed by atoms with Crippen LogP contribution < -0.4 is 15.0 Å². The van der Waals surface area contributed by atoms with Gasteiger partial charge < -0.3 is 15.0 Å². The molecule has 0 aliphatic carbocycles. The molecule has 162 valence electrons. The lowest BCUT2D eigenvalue weighted by Crippen LogP contribution is -2.40. The number of hydrogen-bond donors (Lipinski definition) is 1. The molecular weight excluding hydrogens is 470 g/mol. The number of thiophene rings is 1. The first kappa shape index (κ1) is 22.9. The number of anilines is 2. The smallest absolute Gasteiger partial charge is 0.252 e. The second-order valence-corrected chi connectivity index (χ2v) is 11.7. The first-order valence-electron chi connectivity index (χ1n) is 8.68. The van der Waals surface area contributed by atoms with Gasteiger partial charge in [-0.3, -0.25) is 9.59 Å². The Balaban J connectivity index is 1.86. The number of carbonyl (C=O) groups is 2. The Morgan fingerprint density at radius 1 is 1.33 bits per heavy atom. The maximum absolute atomic E-state index is 12.7. The number of sulfonamides is 1. The normalized spacial score (nSPS) is 14.1. The number of fused-ring (bicyclic) bond motifs is 1. The fourth-order valence-corrected chi connectivity index (χ4v) is 6.81. The minimum absolute atomic E-state index is 0.125. The molecule has 1 aliphatic rings. The number of aryl methyl sites for hydroxylation is 1. The maximum atomic E-state index is 12.7. The molecule has 1 aliphatic heterocycles. The Morgan fingerprint density at radius 2 is 2.03 bits per heavy atom. The molecule has 2 heterocycles. The fraction of sp³-hybridized carbons (Fsp3) is 0.333. The van der Waals surface area contributed by atoms with Crippen LogP contribution in [0.15, 0.2) is 26.6 Å². The predicted octanol–water partition coefficient (Wildman–Crippen LogP) is 3.05. The van der Waals surface area contributed by atoms with E-state index in [9.17, 15) is 18.0 Å². The number of thioether (sulfide) groups is 1. The van der Waals surface area contributed by atoms with Gasteiger partial charge in [-0.15, -0.1) is 23.1 Å². The Bertz CT molecular complexity index is 1110. The molecule has 30 heavy (non-hydrogen) atoms. The molecule has 0 fully saturated rings. The van der Waals surface area contributed by atoms with Crippen LogP contribution in [-0.4, -0.2) is 58.0 Å². The predicted molar refractivity (Wildman–Crippen MR) is 120 cm³/mol. The Kier molecular flexibility index (Phi) is 6.68. The van der Waals surface area contributed by atoms with Gasteiger partial charge >= 0.3 is 0 Å². The van der Waals surface area contributed by atoms with Gasteiger partial charge in [0.2, 0.25) is 11.8 Å². The van der Waals surface area contributed by atoms with Crippen molar-refractivity contribution >= 4 is 67.9 Å². The molecule has 0 saturated heterocycles. The Labute approximate surface area is 188 Å². The molecule has 1 aromatic carbocycles. The number of ether oxygens (including phenoxy) is 1. The summed E-state index contributed by atoms with van der Waals surface area (Å²) >= 11 is 8.45. The minimum Gasteiger partial charge on any atom is -0.495 e. The van der Waals surface area contributed by atoms with Crippen molar-refractivity contribution in [1.29, 1.82) is 0 Å². The van der Waals surface area contributed by atoms with Gasteiger partial charge in [-0.25, -0.2) is 12.7 Å². The van der Waals surface area contributed by atoms with Crippen LogP contribution in [0.3, 0.4) is 0 Å². The van der Waals surface area contributed by atoms with Crippen LogP contribution in [0, 0.1) is 6.92 Å². The highest BCUT2D eigenvalue weighted by atomic mass is 35.5. The molecular formula is C18H20ClN3O5S3. The molecule has 12 heteroatoms. The molecule has 0 spiro atoms. The number of halogens is 1.